The van der Waals surface area contributed by atoms with Crippen LogP contribution in [-0.4, -0.2) is 35.4 Å². The van der Waals surface area contributed by atoms with Gasteiger partial charge in [0.25, 0.3) is 0 Å². The molecule has 0 amide bonds. The Morgan fingerprint density at radius 3 is 2.75 bits per heavy atom. The van der Waals surface area contributed by atoms with E-state index < -0.39 is 5.97 Å². The predicted molar refractivity (Wildman–Crippen MR) is 82.2 cm³/mol. The minimum absolute atomic E-state index is 0.189. The fraction of sp³-hybridized carbons (Fsp3) is 0.250. The lowest BCUT2D eigenvalue weighted by atomic mass is 10.1. The highest BCUT2D eigenvalue weighted by molar-refractivity contribution is 8.00. The molecule has 0 saturated heterocycles. The van der Waals surface area contributed by atoms with Crippen LogP contribution in [0, 0.1) is 0 Å². The third kappa shape index (κ3) is 3.62. The number of anilines is 1. The van der Waals surface area contributed by atoms with Gasteiger partial charge in [0.2, 0.25) is 5.13 Å². The number of aromatic carboxylic acids is 1. The predicted octanol–water partition coefficient (Wildman–Crippen LogP) is 3.25. The monoisotopic (exact) mass is 329 g/mol. The van der Waals surface area contributed by atoms with Gasteiger partial charge in [-0.2, -0.15) is 0 Å². The lowest BCUT2D eigenvalue weighted by Gasteiger charge is -2.04. The van der Waals surface area contributed by atoms with Gasteiger partial charge in [-0.25, -0.2) is 4.79 Å². The SMILES string of the molecule is CN(C)c1nnc(SCc2ccc(C(=O)O)cc2Cl)s1. The van der Waals surface area contributed by atoms with E-state index in [1.807, 2.05) is 19.0 Å². The average molecular weight is 330 g/mol. The number of aromatic nitrogens is 2. The molecule has 0 aliphatic carbocycles. The Bertz CT molecular complexity index is 631. The number of hydrogen-bond donors (Lipinski definition) is 1. The molecule has 5 nitrogen and oxygen atoms in total. The highest BCUT2D eigenvalue weighted by atomic mass is 35.5. The van der Waals surface area contributed by atoms with Gasteiger partial charge in [-0.3, -0.25) is 0 Å². The van der Waals surface area contributed by atoms with Gasteiger partial charge in [0, 0.05) is 24.9 Å². The highest BCUT2D eigenvalue weighted by Gasteiger charge is 2.10. The first-order valence-electron chi connectivity index (χ1n) is 5.62. The van der Waals surface area contributed by atoms with E-state index in [2.05, 4.69) is 10.2 Å². The molecule has 0 fully saturated rings. The largest absolute Gasteiger partial charge is 0.478 e. The third-order valence-electron chi connectivity index (χ3n) is 2.43. The van der Waals surface area contributed by atoms with Crippen LogP contribution in [0.1, 0.15) is 15.9 Å². The molecule has 20 heavy (non-hydrogen) atoms. The number of thioether (sulfide) groups is 1. The highest BCUT2D eigenvalue weighted by Crippen LogP contribution is 2.31. The fourth-order valence-corrected chi connectivity index (χ4v) is 3.47. The lowest BCUT2D eigenvalue weighted by molar-refractivity contribution is 0.0697. The van der Waals surface area contributed by atoms with Crippen LogP contribution in [0.15, 0.2) is 22.5 Å². The van der Waals surface area contributed by atoms with Gasteiger partial charge < -0.3 is 10.0 Å². The van der Waals surface area contributed by atoms with Crippen molar-refractivity contribution in [1.29, 1.82) is 0 Å². The molecular weight excluding hydrogens is 318 g/mol. The quantitative estimate of drug-likeness (QED) is 0.849. The topological polar surface area (TPSA) is 66.3 Å². The molecule has 1 aromatic heterocycles. The summed E-state index contributed by atoms with van der Waals surface area (Å²) in [5.41, 5.74) is 1.07. The van der Waals surface area contributed by atoms with Crippen molar-refractivity contribution >= 4 is 45.8 Å². The Hall–Kier alpha value is -1.31. The first-order chi connectivity index (χ1) is 9.47. The van der Waals surface area contributed by atoms with Crippen molar-refractivity contribution in [3.05, 3.63) is 34.3 Å². The Morgan fingerprint density at radius 1 is 1.45 bits per heavy atom. The normalized spacial score (nSPS) is 10.6. The summed E-state index contributed by atoms with van der Waals surface area (Å²) in [7, 11) is 3.83. The number of nitrogens with zero attached hydrogens (tertiary/aromatic N) is 3. The minimum Gasteiger partial charge on any atom is -0.478 e. The van der Waals surface area contributed by atoms with Crippen LogP contribution < -0.4 is 4.90 Å². The number of benzene rings is 1. The Morgan fingerprint density at radius 2 is 2.20 bits per heavy atom. The van der Waals surface area contributed by atoms with E-state index in [4.69, 9.17) is 16.7 Å². The molecule has 8 heteroatoms. The summed E-state index contributed by atoms with van der Waals surface area (Å²) >= 11 is 9.11. The van der Waals surface area contributed by atoms with Crippen LogP contribution in [0.4, 0.5) is 5.13 Å². The molecule has 0 atom stereocenters. The van der Waals surface area contributed by atoms with E-state index in [0.717, 1.165) is 15.0 Å². The second-order valence-electron chi connectivity index (χ2n) is 4.14. The number of hydrogen-bond acceptors (Lipinski definition) is 6. The first-order valence-corrected chi connectivity index (χ1v) is 7.80. The summed E-state index contributed by atoms with van der Waals surface area (Å²) < 4.78 is 0.854. The standard InChI is InChI=1S/C12H12ClN3O2S2/c1-16(2)11-14-15-12(20-11)19-6-8-4-3-7(10(17)18)5-9(8)13/h3-5H,6H2,1-2H3,(H,17,18). The summed E-state index contributed by atoms with van der Waals surface area (Å²) in [6.07, 6.45) is 0. The van der Waals surface area contributed by atoms with E-state index in [-0.39, 0.29) is 5.56 Å². The van der Waals surface area contributed by atoms with E-state index in [1.165, 1.54) is 29.2 Å². The molecule has 2 rings (SSSR count). The summed E-state index contributed by atoms with van der Waals surface area (Å²) in [5.74, 6) is -0.355. The Kier molecular flexibility index (Phi) is 4.85. The zero-order valence-corrected chi connectivity index (χ0v) is 13.2. The van der Waals surface area contributed by atoms with E-state index >= 15 is 0 Å². The smallest absolute Gasteiger partial charge is 0.335 e. The zero-order valence-electron chi connectivity index (χ0n) is 10.8. The number of halogens is 1. The van der Waals surface area contributed by atoms with Crippen LogP contribution in [0.3, 0.4) is 0 Å². The molecule has 0 bridgehead atoms. The minimum atomic E-state index is -0.981. The van der Waals surface area contributed by atoms with Crippen LogP contribution in [0.5, 0.6) is 0 Å². The molecule has 0 spiro atoms. The Balaban J connectivity index is 2.05. The molecule has 1 heterocycles. The second kappa shape index (κ2) is 6.43. The van der Waals surface area contributed by atoms with Crippen molar-refractivity contribution < 1.29 is 9.90 Å². The zero-order chi connectivity index (χ0) is 14.7. The summed E-state index contributed by atoms with van der Waals surface area (Å²) in [6.45, 7) is 0. The fourth-order valence-electron chi connectivity index (χ4n) is 1.38. The van der Waals surface area contributed by atoms with Crippen molar-refractivity contribution in [1.82, 2.24) is 10.2 Å². The first kappa shape index (κ1) is 15.1. The van der Waals surface area contributed by atoms with Gasteiger partial charge in [-0.05, 0) is 17.7 Å². The van der Waals surface area contributed by atoms with E-state index in [1.54, 1.807) is 12.1 Å². The second-order valence-corrected chi connectivity index (χ2v) is 6.73. The Labute approximate surface area is 129 Å². The maximum Gasteiger partial charge on any atom is 0.335 e. The van der Waals surface area contributed by atoms with Gasteiger partial charge in [0.05, 0.1) is 5.56 Å². The molecule has 1 aromatic carbocycles. The number of carboxylic acid groups (broad SMARTS) is 1. The van der Waals surface area contributed by atoms with Gasteiger partial charge in [0.15, 0.2) is 4.34 Å². The van der Waals surface area contributed by atoms with E-state index in [9.17, 15) is 4.79 Å². The van der Waals surface area contributed by atoms with Gasteiger partial charge in [0.1, 0.15) is 0 Å². The molecule has 0 radical (unpaired) electrons. The van der Waals surface area contributed by atoms with E-state index in [0.29, 0.717) is 10.8 Å². The van der Waals surface area contributed by atoms with Crippen molar-refractivity contribution in [2.24, 2.45) is 0 Å². The van der Waals surface area contributed by atoms with Crippen molar-refractivity contribution in [3.63, 3.8) is 0 Å². The molecule has 1 N–H and O–H groups in total. The lowest BCUT2D eigenvalue weighted by Crippen LogP contribution is -2.07. The maximum absolute atomic E-state index is 10.8. The average Bonchev–Trinajstić information content (AvgIpc) is 2.86. The molecular formula is C12H12ClN3O2S2. The van der Waals surface area contributed by atoms with Crippen LogP contribution in [0.2, 0.25) is 5.02 Å². The van der Waals surface area contributed by atoms with Crippen molar-refractivity contribution in [2.45, 2.75) is 10.1 Å². The molecule has 0 saturated carbocycles. The number of carbonyl (C=O) groups is 1. The molecule has 0 aliphatic heterocycles. The summed E-state index contributed by atoms with van der Waals surface area (Å²) in [5, 5.41) is 18.3. The molecule has 106 valence electrons. The molecule has 0 unspecified atom stereocenters. The number of carboxylic acids is 1. The number of rotatable bonds is 5. The summed E-state index contributed by atoms with van der Waals surface area (Å²) in [6, 6.07) is 4.74. The van der Waals surface area contributed by atoms with Gasteiger partial charge >= 0.3 is 5.97 Å². The summed E-state index contributed by atoms with van der Waals surface area (Å²) in [4.78, 5) is 12.7. The third-order valence-corrected chi connectivity index (χ3v) is 5.05. The van der Waals surface area contributed by atoms with Gasteiger partial charge in [-0.1, -0.05) is 40.8 Å². The molecule has 2 aromatic rings. The van der Waals surface area contributed by atoms with Gasteiger partial charge in [-0.15, -0.1) is 10.2 Å². The molecule has 0 aliphatic rings. The maximum atomic E-state index is 10.8. The van der Waals surface area contributed by atoms with Crippen molar-refractivity contribution in [2.75, 3.05) is 19.0 Å². The van der Waals surface area contributed by atoms with Crippen LogP contribution in [-0.2, 0) is 5.75 Å². The van der Waals surface area contributed by atoms with Crippen LogP contribution >= 0.6 is 34.7 Å². The van der Waals surface area contributed by atoms with Crippen molar-refractivity contribution in [3.8, 4) is 0 Å². The van der Waals surface area contributed by atoms with Crippen LogP contribution in [0.25, 0.3) is 0 Å².